The van der Waals surface area contributed by atoms with Crippen LogP contribution in [0.15, 0.2) is 4.52 Å². The summed E-state index contributed by atoms with van der Waals surface area (Å²) in [5, 5.41) is 13.7. The largest absolute Gasteiger partial charge is 0.393 e. The lowest BCUT2D eigenvalue weighted by Gasteiger charge is -2.30. The van der Waals surface area contributed by atoms with Crippen LogP contribution in [0.2, 0.25) is 0 Å². The summed E-state index contributed by atoms with van der Waals surface area (Å²) in [6, 6.07) is 0.483. The lowest BCUT2D eigenvalue weighted by Crippen LogP contribution is -2.36. The molecule has 2 unspecified atom stereocenters. The molecule has 108 valence electrons. The van der Waals surface area contributed by atoms with E-state index in [4.69, 9.17) is 4.52 Å². The molecule has 1 fully saturated rings. The van der Waals surface area contributed by atoms with Gasteiger partial charge in [-0.2, -0.15) is 0 Å². The molecule has 0 aliphatic carbocycles. The summed E-state index contributed by atoms with van der Waals surface area (Å²) >= 11 is 0. The van der Waals surface area contributed by atoms with E-state index in [9.17, 15) is 5.11 Å². The van der Waals surface area contributed by atoms with Gasteiger partial charge in [0.2, 0.25) is 0 Å². The third-order valence-corrected chi connectivity index (χ3v) is 4.15. The average molecular weight is 266 g/mol. The van der Waals surface area contributed by atoms with E-state index in [-0.39, 0.29) is 6.10 Å². The minimum Gasteiger partial charge on any atom is -0.393 e. The Hall–Kier alpha value is -0.870. The number of hydrogen-bond acceptors (Lipinski definition) is 4. The van der Waals surface area contributed by atoms with Crippen molar-refractivity contribution in [2.45, 2.75) is 71.6 Å². The molecule has 1 aromatic heterocycles. The highest BCUT2D eigenvalue weighted by Gasteiger charge is 2.24. The molecule has 2 rings (SSSR count). The van der Waals surface area contributed by atoms with E-state index in [1.54, 1.807) is 0 Å². The smallest absolute Gasteiger partial charge is 0.138 e. The Kier molecular flexibility index (Phi) is 4.99. The van der Waals surface area contributed by atoms with E-state index >= 15 is 0 Å². The first kappa shape index (κ1) is 14.5. The van der Waals surface area contributed by atoms with Gasteiger partial charge in [-0.1, -0.05) is 18.0 Å². The number of aliphatic hydroxyl groups excluding tert-OH is 1. The van der Waals surface area contributed by atoms with Crippen molar-refractivity contribution in [3.05, 3.63) is 17.0 Å². The normalized spacial score (nSPS) is 23.3. The zero-order valence-electron chi connectivity index (χ0n) is 12.4. The van der Waals surface area contributed by atoms with E-state index in [0.717, 1.165) is 31.0 Å². The number of aliphatic hydroxyl groups is 1. The molecule has 1 aliphatic rings. The fourth-order valence-electron chi connectivity index (χ4n) is 3.04. The van der Waals surface area contributed by atoms with Crippen LogP contribution in [0.5, 0.6) is 0 Å². The summed E-state index contributed by atoms with van der Waals surface area (Å²) in [5.41, 5.74) is 2.22. The van der Waals surface area contributed by atoms with Gasteiger partial charge in [-0.3, -0.25) is 4.90 Å². The number of aryl methyl sites for hydroxylation is 2. The highest BCUT2D eigenvalue weighted by Crippen LogP contribution is 2.24. The fraction of sp³-hybridized carbons (Fsp3) is 0.800. The van der Waals surface area contributed by atoms with Crippen molar-refractivity contribution in [3.8, 4) is 0 Å². The standard InChI is InChI=1S/C15H26N2O2/c1-11(18)9-14-7-5-4-6-8-17(14)10-15-12(2)16-19-13(15)3/h11,14,18H,4-10H2,1-3H3. The van der Waals surface area contributed by atoms with Crippen molar-refractivity contribution in [3.63, 3.8) is 0 Å². The minimum absolute atomic E-state index is 0.227. The molecule has 4 nitrogen and oxygen atoms in total. The molecule has 1 N–H and O–H groups in total. The predicted molar refractivity (Wildman–Crippen MR) is 74.9 cm³/mol. The second kappa shape index (κ2) is 6.53. The van der Waals surface area contributed by atoms with Crippen LogP contribution >= 0.6 is 0 Å². The highest BCUT2D eigenvalue weighted by atomic mass is 16.5. The third kappa shape index (κ3) is 3.80. The summed E-state index contributed by atoms with van der Waals surface area (Å²) in [4.78, 5) is 2.51. The van der Waals surface area contributed by atoms with Crippen LogP contribution in [-0.2, 0) is 6.54 Å². The van der Waals surface area contributed by atoms with E-state index in [1.165, 1.54) is 31.2 Å². The van der Waals surface area contributed by atoms with Crippen molar-refractivity contribution in [1.82, 2.24) is 10.1 Å². The number of rotatable bonds is 4. The van der Waals surface area contributed by atoms with Gasteiger partial charge in [-0.25, -0.2) is 0 Å². The predicted octanol–water partition coefficient (Wildman–Crippen LogP) is 2.81. The Bertz CT molecular complexity index is 381. The Morgan fingerprint density at radius 1 is 1.37 bits per heavy atom. The molecule has 0 aromatic carbocycles. The minimum atomic E-state index is -0.227. The van der Waals surface area contributed by atoms with Gasteiger partial charge in [0, 0.05) is 18.2 Å². The first-order chi connectivity index (χ1) is 9.08. The lowest BCUT2D eigenvalue weighted by molar-refractivity contribution is 0.108. The zero-order chi connectivity index (χ0) is 13.8. The van der Waals surface area contributed by atoms with Gasteiger partial charge in [-0.05, 0) is 46.6 Å². The third-order valence-electron chi connectivity index (χ3n) is 4.15. The van der Waals surface area contributed by atoms with Crippen LogP contribution in [0.1, 0.15) is 56.0 Å². The van der Waals surface area contributed by atoms with Crippen molar-refractivity contribution in [2.24, 2.45) is 0 Å². The quantitative estimate of drug-likeness (QED) is 0.910. The molecule has 1 saturated heterocycles. The van der Waals surface area contributed by atoms with E-state index in [0.29, 0.717) is 6.04 Å². The monoisotopic (exact) mass is 266 g/mol. The number of hydrogen-bond donors (Lipinski definition) is 1. The summed E-state index contributed by atoms with van der Waals surface area (Å²) < 4.78 is 5.26. The second-order valence-electron chi connectivity index (χ2n) is 5.86. The van der Waals surface area contributed by atoms with E-state index < -0.39 is 0 Å². The molecular formula is C15H26N2O2. The van der Waals surface area contributed by atoms with Gasteiger partial charge in [0.25, 0.3) is 0 Å². The van der Waals surface area contributed by atoms with Crippen molar-refractivity contribution in [1.29, 1.82) is 0 Å². The Labute approximate surface area is 115 Å². The molecule has 0 radical (unpaired) electrons. The molecule has 0 bridgehead atoms. The molecule has 19 heavy (non-hydrogen) atoms. The molecule has 0 spiro atoms. The van der Waals surface area contributed by atoms with Crippen LogP contribution in [0, 0.1) is 13.8 Å². The molecule has 4 heteroatoms. The van der Waals surface area contributed by atoms with E-state index in [2.05, 4.69) is 10.1 Å². The van der Waals surface area contributed by atoms with Gasteiger partial charge >= 0.3 is 0 Å². The number of nitrogens with zero attached hydrogens (tertiary/aromatic N) is 2. The zero-order valence-corrected chi connectivity index (χ0v) is 12.4. The lowest BCUT2D eigenvalue weighted by atomic mass is 10.0. The maximum Gasteiger partial charge on any atom is 0.138 e. The highest BCUT2D eigenvalue weighted by molar-refractivity contribution is 5.20. The first-order valence-corrected chi connectivity index (χ1v) is 7.41. The van der Waals surface area contributed by atoms with Gasteiger partial charge in [0.1, 0.15) is 5.76 Å². The number of aromatic nitrogens is 1. The molecule has 2 heterocycles. The van der Waals surface area contributed by atoms with Gasteiger partial charge in [0.15, 0.2) is 0 Å². The Morgan fingerprint density at radius 3 is 2.79 bits per heavy atom. The van der Waals surface area contributed by atoms with Crippen molar-refractivity contribution < 1.29 is 9.63 Å². The Morgan fingerprint density at radius 2 is 2.16 bits per heavy atom. The molecule has 0 amide bonds. The van der Waals surface area contributed by atoms with Crippen LogP contribution < -0.4 is 0 Å². The van der Waals surface area contributed by atoms with Crippen molar-refractivity contribution in [2.75, 3.05) is 6.54 Å². The molecule has 1 aliphatic heterocycles. The van der Waals surface area contributed by atoms with Gasteiger partial charge in [-0.15, -0.1) is 0 Å². The molecular weight excluding hydrogens is 240 g/mol. The fourth-order valence-corrected chi connectivity index (χ4v) is 3.04. The summed E-state index contributed by atoms with van der Waals surface area (Å²) in [5.74, 6) is 0.928. The topological polar surface area (TPSA) is 49.5 Å². The van der Waals surface area contributed by atoms with Crippen LogP contribution in [0.25, 0.3) is 0 Å². The van der Waals surface area contributed by atoms with Crippen LogP contribution in [-0.4, -0.2) is 33.9 Å². The molecule has 1 aromatic rings. The van der Waals surface area contributed by atoms with E-state index in [1.807, 2.05) is 20.8 Å². The molecule has 2 atom stereocenters. The van der Waals surface area contributed by atoms with Gasteiger partial charge < -0.3 is 9.63 Å². The summed E-state index contributed by atoms with van der Waals surface area (Å²) in [6.45, 7) is 7.89. The Balaban J connectivity index is 2.09. The summed E-state index contributed by atoms with van der Waals surface area (Å²) in [7, 11) is 0. The van der Waals surface area contributed by atoms with Crippen LogP contribution in [0.4, 0.5) is 0 Å². The first-order valence-electron chi connectivity index (χ1n) is 7.41. The summed E-state index contributed by atoms with van der Waals surface area (Å²) in [6.07, 6.45) is 5.65. The second-order valence-corrected chi connectivity index (χ2v) is 5.86. The maximum atomic E-state index is 9.69. The van der Waals surface area contributed by atoms with Crippen LogP contribution in [0.3, 0.4) is 0 Å². The van der Waals surface area contributed by atoms with Crippen molar-refractivity contribution >= 4 is 0 Å². The maximum absolute atomic E-state index is 9.69. The number of likely N-dealkylation sites (tertiary alicyclic amines) is 1. The average Bonchev–Trinajstić information content (AvgIpc) is 2.55. The molecule has 0 saturated carbocycles. The van der Waals surface area contributed by atoms with Gasteiger partial charge in [0.05, 0.1) is 11.8 Å². The SMILES string of the molecule is Cc1noc(C)c1CN1CCCCCC1CC(C)O.